The van der Waals surface area contributed by atoms with Gasteiger partial charge < -0.3 is 4.84 Å². The molecular weight excluding hydrogens is 314 g/mol. The number of rotatable bonds is 4. The van der Waals surface area contributed by atoms with E-state index in [0.29, 0.717) is 5.15 Å². The third-order valence-corrected chi connectivity index (χ3v) is 3.67. The largest absolute Gasteiger partial charge is 0.367 e. The zero-order valence-electron chi connectivity index (χ0n) is 12.3. The minimum absolute atomic E-state index is 0.395. The van der Waals surface area contributed by atoms with E-state index in [1.165, 1.54) is 13.1 Å². The molecule has 1 heterocycles. The van der Waals surface area contributed by atoms with Crippen molar-refractivity contribution >= 4 is 34.0 Å². The van der Waals surface area contributed by atoms with Crippen LogP contribution in [0.1, 0.15) is 11.1 Å². The molecule has 6 heteroatoms. The Labute approximate surface area is 137 Å². The zero-order chi connectivity index (χ0) is 16.2. The summed E-state index contributed by atoms with van der Waals surface area (Å²) < 4.78 is 0. The van der Waals surface area contributed by atoms with Gasteiger partial charge >= 0.3 is 5.97 Å². The summed E-state index contributed by atoms with van der Waals surface area (Å²) in [5.41, 5.74) is 5.71. The molecule has 0 spiro atoms. The van der Waals surface area contributed by atoms with Crippen LogP contribution in [-0.4, -0.2) is 23.2 Å². The third kappa shape index (κ3) is 3.26. The quantitative estimate of drug-likeness (QED) is 0.570. The Balaban J connectivity index is 2.13. The fourth-order valence-corrected chi connectivity index (χ4v) is 2.55. The van der Waals surface area contributed by atoms with Gasteiger partial charge in [0.25, 0.3) is 0 Å². The van der Waals surface area contributed by atoms with Gasteiger partial charge in [0.15, 0.2) is 5.15 Å². The Kier molecular flexibility index (Phi) is 4.41. The van der Waals surface area contributed by atoms with E-state index in [2.05, 4.69) is 15.7 Å². The first kappa shape index (κ1) is 15.3. The molecule has 0 atom stereocenters. The molecule has 23 heavy (non-hydrogen) atoms. The van der Waals surface area contributed by atoms with Crippen LogP contribution < -0.4 is 5.48 Å². The van der Waals surface area contributed by atoms with E-state index in [0.717, 1.165) is 27.6 Å². The molecule has 0 fully saturated rings. The maximum Gasteiger partial charge on any atom is 0.350 e. The number of nitrogens with one attached hydrogen (secondary N) is 2. The van der Waals surface area contributed by atoms with Crippen molar-refractivity contribution in [1.82, 2.24) is 15.7 Å². The van der Waals surface area contributed by atoms with Crippen LogP contribution in [-0.2, 0) is 9.63 Å². The second-order valence-corrected chi connectivity index (χ2v) is 5.18. The molecule has 3 rings (SSSR count). The Bertz CT molecular complexity index is 872. The number of nitrogens with zero attached hydrogens (tertiary/aromatic N) is 1. The van der Waals surface area contributed by atoms with E-state index in [9.17, 15) is 4.79 Å². The zero-order valence-corrected chi connectivity index (χ0v) is 13.1. The lowest BCUT2D eigenvalue weighted by Gasteiger charge is -2.09. The van der Waals surface area contributed by atoms with E-state index in [1.807, 2.05) is 48.5 Å². The molecule has 5 nitrogen and oxygen atoms in total. The van der Waals surface area contributed by atoms with Gasteiger partial charge in [-0.3, -0.25) is 5.10 Å². The van der Waals surface area contributed by atoms with Crippen molar-refractivity contribution in [3.63, 3.8) is 0 Å². The van der Waals surface area contributed by atoms with Crippen LogP contribution in [0.3, 0.4) is 0 Å². The van der Waals surface area contributed by atoms with E-state index in [-0.39, 0.29) is 0 Å². The van der Waals surface area contributed by atoms with Crippen LogP contribution in [0.5, 0.6) is 0 Å². The number of fused-ring (bicyclic) bond motifs is 1. The summed E-state index contributed by atoms with van der Waals surface area (Å²) in [4.78, 5) is 16.7. The van der Waals surface area contributed by atoms with Crippen molar-refractivity contribution in [2.45, 2.75) is 0 Å². The van der Waals surface area contributed by atoms with Gasteiger partial charge in [-0.05, 0) is 28.8 Å². The summed E-state index contributed by atoms with van der Waals surface area (Å²) in [5.74, 6) is -0.482. The van der Waals surface area contributed by atoms with Gasteiger partial charge in [0.05, 0.1) is 5.52 Å². The van der Waals surface area contributed by atoms with Crippen molar-refractivity contribution in [3.05, 3.63) is 70.9 Å². The van der Waals surface area contributed by atoms with Crippen LogP contribution in [0.15, 0.2) is 54.6 Å². The SMILES string of the molecule is CNOC(=O)/C=C(/c1ccccc1)c1ccc2[nH]nc(Cl)c2c1. The van der Waals surface area contributed by atoms with E-state index in [4.69, 9.17) is 16.4 Å². The van der Waals surface area contributed by atoms with Gasteiger partial charge in [0, 0.05) is 18.5 Å². The molecule has 0 saturated heterocycles. The highest BCUT2D eigenvalue weighted by Gasteiger charge is 2.11. The van der Waals surface area contributed by atoms with Crippen molar-refractivity contribution in [3.8, 4) is 0 Å². The first-order valence-corrected chi connectivity index (χ1v) is 7.35. The van der Waals surface area contributed by atoms with Crippen LogP contribution >= 0.6 is 11.6 Å². The van der Waals surface area contributed by atoms with Gasteiger partial charge in [-0.25, -0.2) is 4.79 Å². The molecule has 116 valence electrons. The summed E-state index contributed by atoms with van der Waals surface area (Å²) in [6.45, 7) is 0. The number of carbonyl (C=O) groups excluding carboxylic acids is 1. The van der Waals surface area contributed by atoms with Gasteiger partial charge in [-0.2, -0.15) is 10.6 Å². The predicted molar refractivity (Wildman–Crippen MR) is 89.8 cm³/mol. The van der Waals surface area contributed by atoms with Crippen molar-refractivity contribution in [2.24, 2.45) is 0 Å². The smallest absolute Gasteiger partial charge is 0.350 e. The van der Waals surface area contributed by atoms with E-state index in [1.54, 1.807) is 0 Å². The Hall–Kier alpha value is -2.63. The fourth-order valence-electron chi connectivity index (χ4n) is 2.35. The van der Waals surface area contributed by atoms with Crippen molar-refractivity contribution in [2.75, 3.05) is 7.05 Å². The lowest BCUT2D eigenvalue weighted by molar-refractivity contribution is -0.143. The highest BCUT2D eigenvalue weighted by atomic mass is 35.5. The van der Waals surface area contributed by atoms with Crippen LogP contribution in [0, 0.1) is 0 Å². The molecule has 0 aliphatic rings. The monoisotopic (exact) mass is 327 g/mol. The number of hydrogen-bond donors (Lipinski definition) is 2. The van der Waals surface area contributed by atoms with Crippen molar-refractivity contribution < 1.29 is 9.63 Å². The summed E-state index contributed by atoms with van der Waals surface area (Å²) in [6, 6.07) is 15.3. The summed E-state index contributed by atoms with van der Waals surface area (Å²) in [6.07, 6.45) is 1.45. The predicted octanol–water partition coefficient (Wildman–Crippen LogP) is 3.33. The molecule has 0 radical (unpaired) electrons. The lowest BCUT2D eigenvalue weighted by atomic mass is 9.96. The molecule has 0 unspecified atom stereocenters. The molecule has 3 aromatic rings. The first-order valence-electron chi connectivity index (χ1n) is 6.97. The molecule has 1 aromatic heterocycles. The molecule has 0 amide bonds. The second kappa shape index (κ2) is 6.64. The van der Waals surface area contributed by atoms with Crippen LogP contribution in [0.2, 0.25) is 5.15 Å². The number of benzene rings is 2. The first-order chi connectivity index (χ1) is 11.2. The summed E-state index contributed by atoms with van der Waals surface area (Å²) in [7, 11) is 1.53. The molecule has 2 N–H and O–H groups in total. The van der Waals surface area contributed by atoms with Gasteiger partial charge in [-0.1, -0.05) is 48.0 Å². The highest BCUT2D eigenvalue weighted by molar-refractivity contribution is 6.34. The van der Waals surface area contributed by atoms with Gasteiger partial charge in [0.1, 0.15) is 0 Å². The topological polar surface area (TPSA) is 67.0 Å². The molecule has 0 aliphatic heterocycles. The molecule has 0 saturated carbocycles. The Morgan fingerprint density at radius 2 is 2.00 bits per heavy atom. The molecular formula is C17H14ClN3O2. The third-order valence-electron chi connectivity index (χ3n) is 3.38. The van der Waals surface area contributed by atoms with E-state index < -0.39 is 5.97 Å². The minimum atomic E-state index is -0.482. The van der Waals surface area contributed by atoms with Gasteiger partial charge in [-0.15, -0.1) is 0 Å². The number of hydrogen-bond acceptors (Lipinski definition) is 4. The van der Waals surface area contributed by atoms with Crippen molar-refractivity contribution in [1.29, 1.82) is 0 Å². The number of aromatic nitrogens is 2. The standard InChI is InChI=1S/C17H14ClN3O2/c1-19-23-16(22)10-13(11-5-3-2-4-6-11)12-7-8-15-14(9-12)17(18)21-20-15/h2-10,19H,1H3,(H,20,21)/b13-10-. The Morgan fingerprint density at radius 1 is 1.22 bits per heavy atom. The van der Waals surface area contributed by atoms with Gasteiger partial charge in [0.2, 0.25) is 0 Å². The number of aromatic amines is 1. The average molecular weight is 328 g/mol. The normalized spacial score (nSPS) is 11.7. The molecule has 0 aliphatic carbocycles. The maximum absolute atomic E-state index is 11.9. The lowest BCUT2D eigenvalue weighted by Crippen LogP contribution is -2.13. The summed E-state index contributed by atoms with van der Waals surface area (Å²) in [5, 5.41) is 8.02. The van der Waals surface area contributed by atoms with E-state index >= 15 is 0 Å². The maximum atomic E-state index is 11.9. The number of H-pyrrole nitrogens is 1. The fraction of sp³-hybridized carbons (Fsp3) is 0.0588. The molecule has 0 bridgehead atoms. The number of carbonyl (C=O) groups is 1. The van der Waals surface area contributed by atoms with Crippen LogP contribution in [0.25, 0.3) is 16.5 Å². The summed E-state index contributed by atoms with van der Waals surface area (Å²) >= 11 is 6.09. The average Bonchev–Trinajstić information content (AvgIpc) is 2.94. The highest BCUT2D eigenvalue weighted by Crippen LogP contribution is 2.28. The Morgan fingerprint density at radius 3 is 2.74 bits per heavy atom. The number of halogens is 1. The second-order valence-electron chi connectivity index (χ2n) is 4.82. The number of hydroxylamine groups is 1. The minimum Gasteiger partial charge on any atom is -0.367 e. The molecule has 2 aromatic carbocycles. The van der Waals surface area contributed by atoms with Crippen LogP contribution in [0.4, 0.5) is 0 Å².